The third-order valence-electron chi connectivity index (χ3n) is 0.745. The van der Waals surface area contributed by atoms with Gasteiger partial charge < -0.3 is 0 Å². The van der Waals surface area contributed by atoms with Crippen molar-refractivity contribution in [3.05, 3.63) is 9.47 Å². The summed E-state index contributed by atoms with van der Waals surface area (Å²) >= 11 is 6.92. The van der Waals surface area contributed by atoms with Crippen molar-refractivity contribution < 1.29 is 0 Å². The summed E-state index contributed by atoms with van der Waals surface area (Å²) in [6.07, 6.45) is 0.921. The Morgan fingerprint density at radius 1 is 1.62 bits per heavy atom. The van der Waals surface area contributed by atoms with E-state index in [0.29, 0.717) is 4.47 Å². The number of nitrogens with zero attached hydrogens (tertiary/aromatic N) is 2. The standard InChI is InChI=1S/C4H5ClN2S/c1-2-3-6-7-4(5)8-3/h2H2,1H3. The Morgan fingerprint density at radius 3 is 2.62 bits per heavy atom. The molecule has 44 valence electrons. The molecule has 0 amide bonds. The number of hydrogen-bond donors (Lipinski definition) is 0. The van der Waals surface area contributed by atoms with E-state index < -0.39 is 0 Å². The minimum Gasteiger partial charge on any atom is -0.142 e. The van der Waals surface area contributed by atoms with Crippen molar-refractivity contribution in [2.45, 2.75) is 13.3 Å². The van der Waals surface area contributed by atoms with E-state index in [1.54, 1.807) is 0 Å². The van der Waals surface area contributed by atoms with Crippen LogP contribution in [-0.4, -0.2) is 10.2 Å². The van der Waals surface area contributed by atoms with Gasteiger partial charge in [-0.25, -0.2) is 0 Å². The normalized spacial score (nSPS) is 9.75. The van der Waals surface area contributed by atoms with Crippen molar-refractivity contribution in [2.75, 3.05) is 0 Å². The van der Waals surface area contributed by atoms with Crippen LogP contribution in [0.3, 0.4) is 0 Å². The number of aromatic nitrogens is 2. The highest BCUT2D eigenvalue weighted by molar-refractivity contribution is 7.15. The molecule has 0 unspecified atom stereocenters. The van der Waals surface area contributed by atoms with Crippen LogP contribution < -0.4 is 0 Å². The molecule has 0 aromatic carbocycles. The second kappa shape index (κ2) is 2.42. The number of rotatable bonds is 1. The lowest BCUT2D eigenvalue weighted by molar-refractivity contribution is 0.984. The Kier molecular flexibility index (Phi) is 1.81. The first-order valence-corrected chi connectivity index (χ1v) is 3.50. The third-order valence-corrected chi connectivity index (χ3v) is 1.91. The van der Waals surface area contributed by atoms with E-state index in [-0.39, 0.29) is 0 Å². The second-order valence-corrected chi connectivity index (χ2v) is 2.95. The molecule has 0 aliphatic carbocycles. The summed E-state index contributed by atoms with van der Waals surface area (Å²) in [5.41, 5.74) is 0. The average Bonchev–Trinajstić information content (AvgIpc) is 2.14. The molecule has 0 fully saturated rings. The van der Waals surface area contributed by atoms with Gasteiger partial charge in [0.05, 0.1) is 0 Å². The summed E-state index contributed by atoms with van der Waals surface area (Å²) in [6, 6.07) is 0. The zero-order valence-electron chi connectivity index (χ0n) is 4.39. The maximum Gasteiger partial charge on any atom is 0.207 e. The lowest BCUT2D eigenvalue weighted by Gasteiger charge is -1.75. The highest BCUT2D eigenvalue weighted by Crippen LogP contribution is 2.14. The summed E-state index contributed by atoms with van der Waals surface area (Å²) in [6.45, 7) is 2.02. The van der Waals surface area contributed by atoms with Crippen LogP contribution in [0, 0.1) is 0 Å². The Labute approximate surface area is 56.5 Å². The number of hydrogen-bond acceptors (Lipinski definition) is 3. The summed E-state index contributed by atoms with van der Waals surface area (Å²) in [7, 11) is 0. The Balaban J connectivity index is 2.84. The van der Waals surface area contributed by atoms with Gasteiger partial charge in [0, 0.05) is 0 Å². The van der Waals surface area contributed by atoms with Crippen molar-refractivity contribution >= 4 is 22.9 Å². The van der Waals surface area contributed by atoms with Crippen LogP contribution in [0.4, 0.5) is 0 Å². The summed E-state index contributed by atoms with van der Waals surface area (Å²) in [5, 5.41) is 8.39. The Hall–Kier alpha value is -0.150. The fourth-order valence-electron chi connectivity index (χ4n) is 0.376. The summed E-state index contributed by atoms with van der Waals surface area (Å²) in [5.74, 6) is 0. The van der Waals surface area contributed by atoms with Gasteiger partial charge in [-0.3, -0.25) is 0 Å². The fraction of sp³-hybridized carbons (Fsp3) is 0.500. The molecule has 2 nitrogen and oxygen atoms in total. The van der Waals surface area contributed by atoms with Crippen LogP contribution in [0.2, 0.25) is 4.47 Å². The molecule has 0 radical (unpaired) electrons. The predicted molar refractivity (Wildman–Crippen MR) is 34.3 cm³/mol. The van der Waals surface area contributed by atoms with Crippen molar-refractivity contribution in [1.29, 1.82) is 0 Å². The molecule has 1 rings (SSSR count). The SMILES string of the molecule is CCc1nnc(Cl)s1. The minimum atomic E-state index is 0.529. The molecule has 0 saturated heterocycles. The van der Waals surface area contributed by atoms with Gasteiger partial charge in [0.1, 0.15) is 5.01 Å². The molecular formula is C4H5ClN2S. The van der Waals surface area contributed by atoms with Gasteiger partial charge in [0.2, 0.25) is 4.47 Å². The molecule has 1 heterocycles. The van der Waals surface area contributed by atoms with Crippen LogP contribution in [0.1, 0.15) is 11.9 Å². The van der Waals surface area contributed by atoms with E-state index in [0.717, 1.165) is 11.4 Å². The molecule has 0 aliphatic rings. The highest BCUT2D eigenvalue weighted by atomic mass is 35.5. The molecule has 4 heteroatoms. The Morgan fingerprint density at radius 2 is 2.38 bits per heavy atom. The quantitative estimate of drug-likeness (QED) is 0.607. The van der Waals surface area contributed by atoms with Gasteiger partial charge in [-0.2, -0.15) is 0 Å². The topological polar surface area (TPSA) is 25.8 Å². The largest absolute Gasteiger partial charge is 0.207 e. The summed E-state index contributed by atoms with van der Waals surface area (Å²) < 4.78 is 0.529. The van der Waals surface area contributed by atoms with Crippen molar-refractivity contribution in [2.24, 2.45) is 0 Å². The molecule has 0 spiro atoms. The zero-order chi connectivity index (χ0) is 5.98. The van der Waals surface area contributed by atoms with Gasteiger partial charge in [-0.1, -0.05) is 18.3 Å². The fourth-order valence-corrected chi connectivity index (χ4v) is 1.18. The minimum absolute atomic E-state index is 0.529. The van der Waals surface area contributed by atoms with E-state index in [1.807, 2.05) is 6.92 Å². The van der Waals surface area contributed by atoms with Crippen molar-refractivity contribution in [3.8, 4) is 0 Å². The van der Waals surface area contributed by atoms with Gasteiger partial charge in [0.25, 0.3) is 0 Å². The van der Waals surface area contributed by atoms with Gasteiger partial charge in [-0.05, 0) is 18.0 Å². The van der Waals surface area contributed by atoms with Gasteiger partial charge >= 0.3 is 0 Å². The highest BCUT2D eigenvalue weighted by Gasteiger charge is 1.95. The maximum atomic E-state index is 5.48. The molecule has 1 aromatic heterocycles. The van der Waals surface area contributed by atoms with Crippen molar-refractivity contribution in [3.63, 3.8) is 0 Å². The van der Waals surface area contributed by atoms with Crippen LogP contribution in [0.25, 0.3) is 0 Å². The molecule has 1 aromatic rings. The second-order valence-electron chi connectivity index (χ2n) is 1.30. The van der Waals surface area contributed by atoms with Crippen LogP contribution >= 0.6 is 22.9 Å². The van der Waals surface area contributed by atoms with Gasteiger partial charge in [-0.15, -0.1) is 10.2 Å². The number of aryl methyl sites for hydroxylation is 1. The average molecular weight is 149 g/mol. The van der Waals surface area contributed by atoms with E-state index in [4.69, 9.17) is 11.6 Å². The zero-order valence-corrected chi connectivity index (χ0v) is 5.96. The van der Waals surface area contributed by atoms with Crippen molar-refractivity contribution in [1.82, 2.24) is 10.2 Å². The van der Waals surface area contributed by atoms with Gasteiger partial charge in [0.15, 0.2) is 0 Å². The van der Waals surface area contributed by atoms with E-state index in [2.05, 4.69) is 10.2 Å². The smallest absolute Gasteiger partial charge is 0.142 e. The molecule has 8 heavy (non-hydrogen) atoms. The maximum absolute atomic E-state index is 5.48. The number of halogens is 1. The molecule has 0 atom stereocenters. The predicted octanol–water partition coefficient (Wildman–Crippen LogP) is 1.75. The first-order chi connectivity index (χ1) is 3.83. The third kappa shape index (κ3) is 1.17. The Bertz CT molecular complexity index is 174. The van der Waals surface area contributed by atoms with E-state index in [1.165, 1.54) is 11.3 Å². The molecule has 0 aliphatic heterocycles. The molecule has 0 N–H and O–H groups in total. The molecular weight excluding hydrogens is 144 g/mol. The monoisotopic (exact) mass is 148 g/mol. The van der Waals surface area contributed by atoms with E-state index in [9.17, 15) is 0 Å². The summed E-state index contributed by atoms with van der Waals surface area (Å²) in [4.78, 5) is 0. The van der Waals surface area contributed by atoms with Crippen LogP contribution in [0.5, 0.6) is 0 Å². The van der Waals surface area contributed by atoms with Crippen LogP contribution in [-0.2, 0) is 6.42 Å². The lowest BCUT2D eigenvalue weighted by Crippen LogP contribution is -1.74. The lowest BCUT2D eigenvalue weighted by atomic mass is 10.5. The first kappa shape index (κ1) is 5.98. The molecule has 0 bridgehead atoms. The first-order valence-electron chi connectivity index (χ1n) is 2.31. The molecule has 0 saturated carbocycles. The van der Waals surface area contributed by atoms with E-state index >= 15 is 0 Å². The van der Waals surface area contributed by atoms with Crippen LogP contribution in [0.15, 0.2) is 0 Å².